The van der Waals surface area contributed by atoms with Crippen molar-refractivity contribution in [1.29, 1.82) is 0 Å². The molecule has 8 nitrogen and oxygen atoms in total. The van der Waals surface area contributed by atoms with Crippen molar-refractivity contribution in [2.45, 2.75) is 32.0 Å². The maximum atomic E-state index is 6.33. The number of hydrogen-bond donors (Lipinski definition) is 4. The highest BCUT2D eigenvalue weighted by Gasteiger charge is 2.19. The summed E-state index contributed by atoms with van der Waals surface area (Å²) < 4.78 is 0. The van der Waals surface area contributed by atoms with Crippen LogP contribution >= 0.6 is 0 Å². The number of nitrogens with two attached hydrogens (primary N) is 1. The summed E-state index contributed by atoms with van der Waals surface area (Å²) in [4.78, 5) is 15.9. The van der Waals surface area contributed by atoms with Crippen LogP contribution in [-0.4, -0.2) is 52.1 Å². The molecule has 1 aliphatic carbocycles. The van der Waals surface area contributed by atoms with E-state index in [1.165, 1.54) is 24.0 Å². The van der Waals surface area contributed by atoms with Crippen molar-refractivity contribution in [2.75, 3.05) is 37.2 Å². The van der Waals surface area contributed by atoms with E-state index in [1.54, 1.807) is 6.20 Å². The Morgan fingerprint density at radius 3 is 2.48 bits per heavy atom. The zero-order valence-corrected chi connectivity index (χ0v) is 22.5. The monoisotopic (exact) mass is 530 g/mol. The van der Waals surface area contributed by atoms with Gasteiger partial charge in [-0.1, -0.05) is 30.2 Å². The summed E-state index contributed by atoms with van der Waals surface area (Å²) in [6.07, 6.45) is 6.15. The summed E-state index contributed by atoms with van der Waals surface area (Å²) in [5.41, 5.74) is 13.2. The van der Waals surface area contributed by atoms with Gasteiger partial charge in [0, 0.05) is 74.5 Å². The lowest BCUT2D eigenvalue weighted by atomic mass is 10.1. The van der Waals surface area contributed by atoms with Crippen LogP contribution in [0.25, 0.3) is 11.1 Å². The smallest absolute Gasteiger partial charge is 0.229 e. The fraction of sp³-hybridized carbons (Fsp3) is 0.281. The van der Waals surface area contributed by atoms with Crippen LogP contribution < -0.4 is 21.7 Å². The van der Waals surface area contributed by atoms with Gasteiger partial charge in [-0.3, -0.25) is 4.90 Å². The van der Waals surface area contributed by atoms with Crippen LogP contribution in [0.5, 0.6) is 0 Å². The van der Waals surface area contributed by atoms with Gasteiger partial charge in [0.25, 0.3) is 0 Å². The normalized spacial score (nSPS) is 15.3. The van der Waals surface area contributed by atoms with E-state index < -0.39 is 0 Å². The molecule has 0 amide bonds. The van der Waals surface area contributed by atoms with Crippen molar-refractivity contribution < 1.29 is 0 Å². The molecule has 2 fully saturated rings. The number of nitrogens with one attached hydrogen (secondary N) is 3. The molecule has 5 N–H and O–H groups in total. The first-order chi connectivity index (χ1) is 19.7. The minimum Gasteiger partial charge on any atom is -0.383 e. The summed E-state index contributed by atoms with van der Waals surface area (Å²) in [6, 6.07) is 21.1. The fourth-order valence-electron chi connectivity index (χ4n) is 4.70. The van der Waals surface area contributed by atoms with Gasteiger partial charge in [0.1, 0.15) is 11.5 Å². The van der Waals surface area contributed by atoms with Crippen molar-refractivity contribution in [2.24, 2.45) is 0 Å². The molecule has 40 heavy (non-hydrogen) atoms. The molecular weight excluding hydrogens is 496 g/mol. The number of nitrogens with zero attached hydrogens (tertiary/aromatic N) is 4. The molecule has 0 bridgehead atoms. The van der Waals surface area contributed by atoms with Gasteiger partial charge in [0.15, 0.2) is 0 Å². The first kappa shape index (κ1) is 26.0. The lowest BCUT2D eigenvalue weighted by molar-refractivity contribution is 0.233. The maximum Gasteiger partial charge on any atom is 0.229 e. The van der Waals surface area contributed by atoms with E-state index in [9.17, 15) is 0 Å². The second-order valence-electron chi connectivity index (χ2n) is 10.4. The van der Waals surface area contributed by atoms with Crippen LogP contribution in [0.3, 0.4) is 0 Å². The average molecular weight is 531 g/mol. The molecule has 2 aromatic carbocycles. The minimum atomic E-state index is 0.442. The Bertz CT molecular complexity index is 1490. The third-order valence-corrected chi connectivity index (χ3v) is 7.17. The lowest BCUT2D eigenvalue weighted by Crippen LogP contribution is -2.42. The van der Waals surface area contributed by atoms with Crippen LogP contribution in [0, 0.1) is 11.8 Å². The van der Waals surface area contributed by atoms with Gasteiger partial charge < -0.3 is 21.7 Å². The van der Waals surface area contributed by atoms with Crippen molar-refractivity contribution in [1.82, 2.24) is 30.5 Å². The molecule has 2 aliphatic rings. The van der Waals surface area contributed by atoms with Gasteiger partial charge in [-0.2, -0.15) is 4.98 Å². The Morgan fingerprint density at radius 1 is 0.925 bits per heavy atom. The van der Waals surface area contributed by atoms with E-state index in [2.05, 4.69) is 71.9 Å². The molecule has 8 heteroatoms. The van der Waals surface area contributed by atoms with Crippen LogP contribution in [0.4, 0.5) is 17.5 Å². The molecule has 3 heterocycles. The van der Waals surface area contributed by atoms with Crippen LogP contribution in [0.1, 0.15) is 35.2 Å². The number of anilines is 3. The number of benzene rings is 2. The third kappa shape index (κ3) is 7.01. The van der Waals surface area contributed by atoms with Crippen molar-refractivity contribution in [3.8, 4) is 23.0 Å². The topological polar surface area (TPSA) is 104 Å². The molecule has 1 saturated heterocycles. The molecule has 0 radical (unpaired) electrons. The van der Waals surface area contributed by atoms with Crippen LogP contribution in [-0.2, 0) is 13.1 Å². The van der Waals surface area contributed by atoms with E-state index in [0.717, 1.165) is 67.3 Å². The number of pyridine rings is 1. The fourth-order valence-corrected chi connectivity index (χ4v) is 4.70. The molecule has 0 atom stereocenters. The van der Waals surface area contributed by atoms with Gasteiger partial charge in [-0.15, -0.1) is 0 Å². The third-order valence-electron chi connectivity index (χ3n) is 7.17. The number of aromatic nitrogens is 3. The second-order valence-corrected chi connectivity index (χ2v) is 10.4. The SMILES string of the molecule is Nc1nc(Nc2ccc(C#Cc3cc(CNC4CC4)ccn3)cc2)ncc1-c1ccc(CN2CCNCC2)cc1. The van der Waals surface area contributed by atoms with E-state index in [1.807, 2.05) is 42.6 Å². The maximum absolute atomic E-state index is 6.33. The van der Waals surface area contributed by atoms with E-state index in [0.29, 0.717) is 17.8 Å². The zero-order valence-electron chi connectivity index (χ0n) is 22.5. The standard InChI is InChI=1S/C32H34N8/c33-31-30(26-6-1-24(2-7-26)22-40-17-15-34-16-18-40)21-37-32(39-31)38-28-8-3-23(4-9-28)5-10-29-19-25(13-14-35-29)20-36-27-11-12-27/h1-4,6-9,13-14,19,21,27,34,36H,11-12,15-18,20,22H2,(H3,33,37,38,39). The molecule has 0 unspecified atom stereocenters. The van der Waals surface area contributed by atoms with Gasteiger partial charge in [0.2, 0.25) is 5.95 Å². The summed E-state index contributed by atoms with van der Waals surface area (Å²) in [6.45, 7) is 6.09. The Kier molecular flexibility index (Phi) is 7.96. The van der Waals surface area contributed by atoms with Crippen LogP contribution in [0.15, 0.2) is 73.1 Å². The summed E-state index contributed by atoms with van der Waals surface area (Å²) in [7, 11) is 0. The van der Waals surface area contributed by atoms with Crippen LogP contribution in [0.2, 0.25) is 0 Å². The largest absolute Gasteiger partial charge is 0.383 e. The Balaban J connectivity index is 1.06. The molecule has 1 aliphatic heterocycles. The quantitative estimate of drug-likeness (QED) is 0.254. The molecular formula is C32H34N8. The lowest BCUT2D eigenvalue weighted by Gasteiger charge is -2.27. The molecule has 1 saturated carbocycles. The van der Waals surface area contributed by atoms with E-state index >= 15 is 0 Å². The van der Waals surface area contributed by atoms with Gasteiger partial charge in [-0.05, 0) is 71.9 Å². The van der Waals surface area contributed by atoms with Crippen molar-refractivity contribution in [3.63, 3.8) is 0 Å². The summed E-state index contributed by atoms with van der Waals surface area (Å²) in [5, 5.41) is 10.2. The second kappa shape index (κ2) is 12.3. The van der Waals surface area contributed by atoms with Crippen molar-refractivity contribution in [3.05, 3.63) is 95.4 Å². The number of nitrogen functional groups attached to an aromatic ring is 1. The summed E-state index contributed by atoms with van der Waals surface area (Å²) >= 11 is 0. The Labute approximate surface area is 235 Å². The number of hydrogen-bond acceptors (Lipinski definition) is 8. The number of rotatable bonds is 8. The van der Waals surface area contributed by atoms with Gasteiger partial charge in [0.05, 0.1) is 0 Å². The Hall–Kier alpha value is -4.29. The predicted octanol–water partition coefficient (Wildman–Crippen LogP) is 3.92. The average Bonchev–Trinajstić information content (AvgIpc) is 3.82. The zero-order chi connectivity index (χ0) is 27.1. The van der Waals surface area contributed by atoms with Crippen molar-refractivity contribution >= 4 is 17.5 Å². The predicted molar refractivity (Wildman–Crippen MR) is 160 cm³/mol. The first-order valence-electron chi connectivity index (χ1n) is 13.9. The Morgan fingerprint density at radius 2 is 1.73 bits per heavy atom. The molecule has 0 spiro atoms. The van der Waals surface area contributed by atoms with Gasteiger partial charge >= 0.3 is 0 Å². The molecule has 2 aromatic heterocycles. The van der Waals surface area contributed by atoms with Gasteiger partial charge in [-0.25, -0.2) is 9.97 Å². The van der Waals surface area contributed by atoms with E-state index in [4.69, 9.17) is 5.73 Å². The molecule has 4 aromatic rings. The molecule has 6 rings (SSSR count). The first-order valence-corrected chi connectivity index (χ1v) is 13.9. The molecule has 202 valence electrons. The highest BCUT2D eigenvalue weighted by molar-refractivity contribution is 5.74. The number of piperazine rings is 1. The van der Waals surface area contributed by atoms with E-state index in [-0.39, 0.29) is 0 Å². The minimum absolute atomic E-state index is 0.442. The highest BCUT2D eigenvalue weighted by atomic mass is 15.2. The summed E-state index contributed by atoms with van der Waals surface area (Å²) in [5.74, 6) is 7.27. The highest BCUT2D eigenvalue weighted by Crippen LogP contribution is 2.26.